The van der Waals surface area contributed by atoms with Crippen LogP contribution < -0.4 is 5.32 Å². The first kappa shape index (κ1) is 49.5. The minimum Gasteiger partial charge on any atom is -0.481 e. The summed E-state index contributed by atoms with van der Waals surface area (Å²) in [5.41, 5.74) is 0.177. The van der Waals surface area contributed by atoms with Crippen LogP contribution in [0.3, 0.4) is 0 Å². The van der Waals surface area contributed by atoms with Crippen LogP contribution in [0.4, 0.5) is 0 Å². The second-order valence-corrected chi connectivity index (χ2v) is 13.8. The fourth-order valence-electron chi connectivity index (χ4n) is 3.89. The first-order valence-corrected chi connectivity index (χ1v) is 18.7. The summed E-state index contributed by atoms with van der Waals surface area (Å²) >= 11 is -1.61. The number of carboxylic acid groups (broad SMARTS) is 2. The van der Waals surface area contributed by atoms with Gasteiger partial charge in [0.1, 0.15) is 20.9 Å². The van der Waals surface area contributed by atoms with Crippen molar-refractivity contribution in [2.24, 2.45) is 5.92 Å². The third-order valence-electron chi connectivity index (χ3n) is 6.37. The zero-order chi connectivity index (χ0) is 38.3. The maximum Gasteiger partial charge on any atom is 0.341 e. The Morgan fingerprint density at radius 3 is 1.61 bits per heavy atom. The molecule has 0 aromatic rings. The molecule has 2 unspecified atom stereocenters. The van der Waals surface area contributed by atoms with Crippen molar-refractivity contribution in [3.8, 4) is 0 Å². The number of hydrogen-bond donors (Lipinski definition) is 4. The molecule has 19 nitrogen and oxygen atoms in total. The Morgan fingerprint density at radius 2 is 1.33 bits per heavy atom. The zero-order valence-corrected chi connectivity index (χ0v) is 29.8. The molecule has 2 atom stereocenters. The fourth-order valence-corrected chi connectivity index (χ4v) is 4.88. The van der Waals surface area contributed by atoms with E-state index in [2.05, 4.69) is 23.2 Å². The second-order valence-electron chi connectivity index (χ2n) is 10.7. The number of hydrogen-bond acceptors (Lipinski definition) is 14. The van der Waals surface area contributed by atoms with Crippen molar-refractivity contribution < 1.29 is 75.1 Å². The fraction of sp³-hybridized carbons (Fsp3) is 0.667. The van der Waals surface area contributed by atoms with Gasteiger partial charge in [-0.3, -0.25) is 19.2 Å². The van der Waals surface area contributed by atoms with Crippen molar-refractivity contribution in [2.45, 2.75) is 26.7 Å². The van der Waals surface area contributed by atoms with Gasteiger partial charge in [0.2, 0.25) is 11.8 Å². The van der Waals surface area contributed by atoms with Gasteiger partial charge in [-0.25, -0.2) is 22.2 Å². The number of carbonyl (C=O) groups excluding carboxylic acids is 4. The van der Waals surface area contributed by atoms with Crippen LogP contribution in [-0.4, -0.2) is 170 Å². The molecule has 0 spiro atoms. The molecular formula is C30H51N3O16S2. The predicted octanol–water partition coefficient (Wildman–Crippen LogP) is -1.05. The van der Waals surface area contributed by atoms with Crippen molar-refractivity contribution in [3.63, 3.8) is 0 Å². The van der Waals surface area contributed by atoms with Crippen molar-refractivity contribution >= 4 is 56.6 Å². The molecule has 4 heterocycles. The Kier molecular flexibility index (Phi) is 26.3. The van der Waals surface area contributed by atoms with Gasteiger partial charge in [-0.15, -0.1) is 0 Å². The van der Waals surface area contributed by atoms with Gasteiger partial charge in [0.15, 0.2) is 0 Å². The second kappa shape index (κ2) is 27.1. The lowest BCUT2D eigenvalue weighted by atomic mass is 10.1. The van der Waals surface area contributed by atoms with Crippen LogP contribution in [0.15, 0.2) is 24.3 Å². The number of amides is 2. The summed E-state index contributed by atoms with van der Waals surface area (Å²) < 4.78 is 58.1. The number of sulfone groups is 1. The van der Waals surface area contributed by atoms with Gasteiger partial charge in [0.05, 0.1) is 64.2 Å². The summed E-state index contributed by atoms with van der Waals surface area (Å²) in [5.74, 6) is -5.70. The number of ether oxygens (including phenoxy) is 4. The zero-order valence-electron chi connectivity index (χ0n) is 28.2. The number of cyclic esters (lactones) is 2. The van der Waals surface area contributed by atoms with E-state index in [1.165, 1.54) is 11.2 Å². The van der Waals surface area contributed by atoms with Crippen LogP contribution in [0.2, 0.25) is 0 Å². The molecule has 4 fully saturated rings. The van der Waals surface area contributed by atoms with Crippen LogP contribution >= 0.6 is 0 Å². The molecule has 0 radical (unpaired) electrons. The van der Waals surface area contributed by atoms with Crippen LogP contribution in [0.25, 0.3) is 0 Å². The first-order chi connectivity index (χ1) is 23.3. The molecule has 4 saturated heterocycles. The molecule has 0 aromatic carbocycles. The Labute approximate surface area is 300 Å². The average molecular weight is 774 g/mol. The molecule has 4 rings (SSSR count). The van der Waals surface area contributed by atoms with Crippen LogP contribution in [-0.2, 0) is 68.6 Å². The summed E-state index contributed by atoms with van der Waals surface area (Å²) in [6.45, 7) is 14.2. The Bertz CT molecular complexity index is 1270. The van der Waals surface area contributed by atoms with E-state index in [0.29, 0.717) is 52.6 Å². The number of rotatable bonds is 8. The lowest BCUT2D eigenvalue weighted by molar-refractivity contribution is -0.151. The molecule has 0 aromatic heterocycles. The van der Waals surface area contributed by atoms with Crippen molar-refractivity contribution in [2.75, 3.05) is 97.2 Å². The third kappa shape index (κ3) is 25.9. The summed E-state index contributed by atoms with van der Waals surface area (Å²) in [6, 6.07) is 0. The van der Waals surface area contributed by atoms with Crippen molar-refractivity contribution in [1.82, 2.24) is 15.1 Å². The van der Waals surface area contributed by atoms with Crippen LogP contribution in [0, 0.1) is 5.92 Å². The quantitative estimate of drug-likeness (QED) is 0.0992. The van der Waals surface area contributed by atoms with Crippen LogP contribution in [0.5, 0.6) is 0 Å². The molecule has 21 heteroatoms. The lowest BCUT2D eigenvalue weighted by Gasteiger charge is -2.27. The highest BCUT2D eigenvalue weighted by Crippen LogP contribution is 2.12. The van der Waals surface area contributed by atoms with Crippen LogP contribution in [0.1, 0.15) is 26.7 Å². The summed E-state index contributed by atoms with van der Waals surface area (Å²) in [7, 11) is -3.42. The molecule has 2 amide bonds. The van der Waals surface area contributed by atoms with E-state index in [-0.39, 0.29) is 49.6 Å². The average Bonchev–Trinajstić information content (AvgIpc) is 3.35. The van der Waals surface area contributed by atoms with E-state index in [1.54, 1.807) is 4.90 Å². The van der Waals surface area contributed by atoms with E-state index >= 15 is 0 Å². The Morgan fingerprint density at radius 1 is 0.902 bits per heavy atom. The molecule has 4 aliphatic rings. The van der Waals surface area contributed by atoms with Gasteiger partial charge in [-0.1, -0.05) is 20.6 Å². The number of nitrogens with zero attached hydrogens (tertiary/aromatic N) is 2. The third-order valence-corrected chi connectivity index (χ3v) is 7.38. The van der Waals surface area contributed by atoms with E-state index in [0.717, 1.165) is 32.6 Å². The molecule has 4 N–H and O–H groups in total. The van der Waals surface area contributed by atoms with E-state index in [4.69, 9.17) is 33.2 Å². The molecule has 4 aliphatic heterocycles. The SMILES string of the molecule is C.C1COCCN1.C=C(CC(=O)N1CCOCC1)C(=O)O.C=C1CC(=O)OC1=O.CS(=O)(=O)CC(CC(=O)N1CCOCC1)C(=O)O.CS(=O)O. The van der Waals surface area contributed by atoms with E-state index in [1.807, 2.05) is 0 Å². The van der Waals surface area contributed by atoms with E-state index < -0.39 is 56.5 Å². The standard InChI is InChI=1S/C10H17NO6S.C9H13NO4.C5H4O3.C4H9NO.CH4O2S.CH4/c1-18(15,16)7-8(10(13)14)6-9(12)11-2-4-17-5-3-11;1-7(9(12)13)6-8(11)10-2-4-14-5-3-10;1-3-2-4(6)8-5(3)7;1-3-6-4-2-5-1;1-4(2)3;/h8H,2-7H2,1H3,(H,13,14);1-6H2,(H,12,13);1-2H2;5H,1-4H2;1H3,(H,2,3);1H4. The number of aliphatic carboxylic acids is 2. The first-order valence-electron chi connectivity index (χ1n) is 15.1. The van der Waals surface area contributed by atoms with Gasteiger partial charge in [-0.2, -0.15) is 0 Å². The normalized spacial score (nSPS) is 18.1. The summed E-state index contributed by atoms with van der Waals surface area (Å²) in [6.07, 6.45) is 1.80. The molecular weight excluding hydrogens is 722 g/mol. The lowest BCUT2D eigenvalue weighted by Crippen LogP contribution is -2.42. The molecule has 0 aliphatic carbocycles. The molecule has 294 valence electrons. The van der Waals surface area contributed by atoms with E-state index in [9.17, 15) is 37.2 Å². The largest absolute Gasteiger partial charge is 0.481 e. The number of morpholine rings is 3. The summed E-state index contributed by atoms with van der Waals surface area (Å²) in [5, 5.41) is 20.6. The number of carbonyl (C=O) groups is 6. The number of carboxylic acids is 2. The monoisotopic (exact) mass is 773 g/mol. The highest BCUT2D eigenvalue weighted by atomic mass is 32.2. The molecule has 0 saturated carbocycles. The highest BCUT2D eigenvalue weighted by Gasteiger charge is 2.28. The highest BCUT2D eigenvalue weighted by molar-refractivity contribution is 7.90. The minimum absolute atomic E-state index is 0. The van der Waals surface area contributed by atoms with Crippen molar-refractivity contribution in [1.29, 1.82) is 0 Å². The molecule has 0 bridgehead atoms. The smallest absolute Gasteiger partial charge is 0.341 e. The predicted molar refractivity (Wildman–Crippen MR) is 184 cm³/mol. The Balaban J connectivity index is 0. The van der Waals surface area contributed by atoms with Gasteiger partial charge in [-0.05, 0) is 0 Å². The van der Waals surface area contributed by atoms with Gasteiger partial charge < -0.3 is 48.8 Å². The van der Waals surface area contributed by atoms with Gasteiger partial charge in [0, 0.05) is 69.3 Å². The minimum atomic E-state index is -3.42. The topological polar surface area (TPSA) is 270 Å². The maximum atomic E-state index is 11.8. The maximum absolute atomic E-state index is 11.8. The van der Waals surface area contributed by atoms with Gasteiger partial charge in [0.25, 0.3) is 0 Å². The van der Waals surface area contributed by atoms with Crippen molar-refractivity contribution in [3.05, 3.63) is 24.3 Å². The molecule has 51 heavy (non-hydrogen) atoms. The summed E-state index contributed by atoms with van der Waals surface area (Å²) in [4.78, 5) is 68.1. The Hall–Kier alpha value is -3.60. The number of esters is 2. The van der Waals surface area contributed by atoms with Gasteiger partial charge >= 0.3 is 23.9 Å². The number of nitrogens with one attached hydrogen (secondary N) is 1.